The van der Waals surface area contributed by atoms with Crippen molar-refractivity contribution in [3.8, 4) is 5.75 Å². The van der Waals surface area contributed by atoms with Crippen LogP contribution in [0.3, 0.4) is 0 Å². The Morgan fingerprint density at radius 2 is 2.05 bits per heavy atom. The van der Waals surface area contributed by atoms with Gasteiger partial charge in [-0.05, 0) is 25.0 Å². The zero-order chi connectivity index (χ0) is 13.9. The van der Waals surface area contributed by atoms with Crippen molar-refractivity contribution in [2.24, 2.45) is 0 Å². The highest BCUT2D eigenvalue weighted by Gasteiger charge is 2.35. The van der Waals surface area contributed by atoms with Crippen LogP contribution in [0.2, 0.25) is 0 Å². The number of benzene rings is 1. The van der Waals surface area contributed by atoms with Gasteiger partial charge < -0.3 is 4.74 Å². The number of nitrogens with zero attached hydrogens (tertiary/aromatic N) is 1. The first-order valence-electron chi connectivity index (χ1n) is 6.29. The van der Waals surface area contributed by atoms with E-state index in [1.807, 2.05) is 30.3 Å². The predicted octanol–water partition coefficient (Wildman–Crippen LogP) is 1.79. The molecule has 1 aliphatic heterocycles. The minimum absolute atomic E-state index is 0.00112. The lowest BCUT2D eigenvalue weighted by Crippen LogP contribution is -2.35. The second-order valence-corrected chi connectivity index (χ2v) is 7.49. The van der Waals surface area contributed by atoms with E-state index in [4.69, 9.17) is 4.74 Å². The van der Waals surface area contributed by atoms with E-state index < -0.39 is 10.0 Å². The summed E-state index contributed by atoms with van der Waals surface area (Å²) in [5.74, 6) is 0.814. The number of rotatable bonds is 5. The lowest BCUT2D eigenvalue weighted by atomic mass is 10.2. The van der Waals surface area contributed by atoms with Gasteiger partial charge in [-0.2, -0.15) is 16.9 Å². The standard InChI is InChI=1S/C13H19NO3S2/c1-19(15,16)14-10-13(18)9-11(14)7-8-17-12-5-3-2-4-6-12/h2-6,11,13,18H,7-10H2,1H3. The third-order valence-electron chi connectivity index (χ3n) is 3.23. The van der Waals surface area contributed by atoms with Gasteiger partial charge in [-0.15, -0.1) is 0 Å². The van der Waals surface area contributed by atoms with Crippen molar-refractivity contribution in [1.29, 1.82) is 0 Å². The van der Waals surface area contributed by atoms with Crippen molar-refractivity contribution in [2.75, 3.05) is 19.4 Å². The minimum atomic E-state index is -3.15. The van der Waals surface area contributed by atoms with Gasteiger partial charge in [-0.25, -0.2) is 8.42 Å². The molecular formula is C13H19NO3S2. The SMILES string of the molecule is CS(=O)(=O)N1CC(S)CC1CCOc1ccccc1. The summed E-state index contributed by atoms with van der Waals surface area (Å²) in [7, 11) is -3.15. The molecule has 0 spiro atoms. The van der Waals surface area contributed by atoms with Crippen LogP contribution < -0.4 is 4.74 Å². The molecule has 19 heavy (non-hydrogen) atoms. The fourth-order valence-electron chi connectivity index (χ4n) is 2.36. The lowest BCUT2D eigenvalue weighted by molar-refractivity contribution is 0.264. The van der Waals surface area contributed by atoms with Crippen LogP contribution in [0.1, 0.15) is 12.8 Å². The lowest BCUT2D eigenvalue weighted by Gasteiger charge is -2.21. The zero-order valence-electron chi connectivity index (χ0n) is 10.9. The van der Waals surface area contributed by atoms with Gasteiger partial charge in [0.1, 0.15) is 5.75 Å². The number of thiol groups is 1. The van der Waals surface area contributed by atoms with Crippen molar-refractivity contribution in [2.45, 2.75) is 24.1 Å². The van der Waals surface area contributed by atoms with Gasteiger partial charge >= 0.3 is 0 Å². The number of ether oxygens (including phenoxy) is 1. The Bertz CT molecular complexity index is 504. The highest BCUT2D eigenvalue weighted by Crippen LogP contribution is 2.26. The molecule has 1 fully saturated rings. The molecule has 1 aromatic carbocycles. The van der Waals surface area contributed by atoms with Crippen LogP contribution in [-0.4, -0.2) is 43.4 Å². The van der Waals surface area contributed by atoms with Gasteiger partial charge in [-0.3, -0.25) is 0 Å². The average Bonchev–Trinajstić information content (AvgIpc) is 2.72. The largest absolute Gasteiger partial charge is 0.494 e. The average molecular weight is 301 g/mol. The summed E-state index contributed by atoms with van der Waals surface area (Å²) < 4.78 is 30.5. The molecule has 1 heterocycles. The maximum atomic E-state index is 11.7. The molecule has 2 atom stereocenters. The summed E-state index contributed by atoms with van der Waals surface area (Å²) in [6.45, 7) is 1.01. The Balaban J connectivity index is 1.88. The van der Waals surface area contributed by atoms with E-state index in [-0.39, 0.29) is 11.3 Å². The number of hydrogen-bond donors (Lipinski definition) is 1. The normalized spacial score (nSPS) is 24.5. The molecule has 0 aliphatic carbocycles. The number of sulfonamides is 1. The number of hydrogen-bond acceptors (Lipinski definition) is 4. The van der Waals surface area contributed by atoms with E-state index in [1.54, 1.807) is 4.31 Å². The first-order chi connectivity index (χ1) is 8.97. The Morgan fingerprint density at radius 3 is 2.68 bits per heavy atom. The molecule has 1 aliphatic rings. The molecule has 0 bridgehead atoms. The summed E-state index contributed by atoms with van der Waals surface area (Å²) in [6.07, 6.45) is 2.73. The third kappa shape index (κ3) is 4.12. The van der Waals surface area contributed by atoms with Crippen molar-refractivity contribution >= 4 is 22.7 Å². The highest BCUT2D eigenvalue weighted by atomic mass is 32.2. The van der Waals surface area contributed by atoms with E-state index in [1.165, 1.54) is 6.26 Å². The van der Waals surface area contributed by atoms with Gasteiger partial charge in [0.05, 0.1) is 12.9 Å². The summed E-state index contributed by atoms with van der Waals surface area (Å²) in [5.41, 5.74) is 0. The van der Waals surface area contributed by atoms with Crippen molar-refractivity contribution < 1.29 is 13.2 Å². The Kier molecular flexibility index (Phi) is 4.76. The second kappa shape index (κ2) is 6.15. The minimum Gasteiger partial charge on any atom is -0.494 e. The van der Waals surface area contributed by atoms with E-state index in [2.05, 4.69) is 12.6 Å². The van der Waals surface area contributed by atoms with E-state index in [0.29, 0.717) is 19.6 Å². The van der Waals surface area contributed by atoms with Gasteiger partial charge in [0, 0.05) is 17.8 Å². The van der Waals surface area contributed by atoms with Crippen LogP contribution in [0.4, 0.5) is 0 Å². The van der Waals surface area contributed by atoms with Crippen LogP contribution in [0.15, 0.2) is 30.3 Å². The van der Waals surface area contributed by atoms with Crippen LogP contribution in [0, 0.1) is 0 Å². The van der Waals surface area contributed by atoms with Gasteiger partial charge in [0.15, 0.2) is 0 Å². The summed E-state index contributed by atoms with van der Waals surface area (Å²) >= 11 is 4.39. The molecule has 2 unspecified atom stereocenters. The Hall–Kier alpha value is -0.720. The van der Waals surface area contributed by atoms with Gasteiger partial charge in [-0.1, -0.05) is 18.2 Å². The molecule has 4 nitrogen and oxygen atoms in total. The molecule has 6 heteroatoms. The summed E-state index contributed by atoms with van der Waals surface area (Å²) in [6, 6.07) is 9.55. The maximum Gasteiger partial charge on any atom is 0.211 e. The van der Waals surface area contributed by atoms with Crippen molar-refractivity contribution in [3.05, 3.63) is 30.3 Å². The Morgan fingerprint density at radius 1 is 1.37 bits per heavy atom. The molecule has 1 aromatic rings. The van der Waals surface area contributed by atoms with Gasteiger partial charge in [0.2, 0.25) is 10.0 Å². The molecule has 0 N–H and O–H groups in total. The van der Waals surface area contributed by atoms with E-state index in [0.717, 1.165) is 12.2 Å². The molecule has 1 saturated heterocycles. The number of para-hydroxylation sites is 1. The second-order valence-electron chi connectivity index (χ2n) is 4.83. The van der Waals surface area contributed by atoms with Crippen molar-refractivity contribution in [3.63, 3.8) is 0 Å². The summed E-state index contributed by atoms with van der Waals surface area (Å²) in [4.78, 5) is 0. The fraction of sp³-hybridized carbons (Fsp3) is 0.538. The molecular weight excluding hydrogens is 282 g/mol. The molecule has 0 saturated carbocycles. The van der Waals surface area contributed by atoms with Crippen LogP contribution >= 0.6 is 12.6 Å². The van der Waals surface area contributed by atoms with E-state index in [9.17, 15) is 8.42 Å². The first kappa shape index (κ1) is 14.7. The summed E-state index contributed by atoms with van der Waals surface area (Å²) in [5, 5.41) is 0.122. The smallest absolute Gasteiger partial charge is 0.211 e. The molecule has 0 amide bonds. The molecule has 106 valence electrons. The maximum absolute atomic E-state index is 11.7. The molecule has 0 radical (unpaired) electrons. The quantitative estimate of drug-likeness (QED) is 0.844. The van der Waals surface area contributed by atoms with Gasteiger partial charge in [0.25, 0.3) is 0 Å². The first-order valence-corrected chi connectivity index (χ1v) is 8.66. The van der Waals surface area contributed by atoms with E-state index >= 15 is 0 Å². The van der Waals surface area contributed by atoms with Crippen molar-refractivity contribution in [1.82, 2.24) is 4.31 Å². The monoisotopic (exact) mass is 301 g/mol. The Labute approximate surface area is 120 Å². The fourth-order valence-corrected chi connectivity index (χ4v) is 4.07. The molecule has 0 aromatic heterocycles. The van der Waals surface area contributed by atoms with Crippen LogP contribution in [0.5, 0.6) is 5.75 Å². The van der Waals surface area contributed by atoms with Crippen LogP contribution in [0.25, 0.3) is 0 Å². The molecule has 2 rings (SSSR count). The zero-order valence-corrected chi connectivity index (χ0v) is 12.6. The van der Waals surface area contributed by atoms with Crippen LogP contribution in [-0.2, 0) is 10.0 Å². The topological polar surface area (TPSA) is 46.6 Å². The third-order valence-corrected chi connectivity index (χ3v) is 4.90. The highest BCUT2D eigenvalue weighted by molar-refractivity contribution is 7.88. The predicted molar refractivity (Wildman–Crippen MR) is 79.3 cm³/mol.